The van der Waals surface area contributed by atoms with Crippen LogP contribution in [0.3, 0.4) is 0 Å². The molecule has 2 aromatic rings. The Morgan fingerprint density at radius 1 is 1.07 bits per heavy atom. The number of ether oxygens (including phenoxy) is 1. The van der Waals surface area contributed by atoms with Crippen molar-refractivity contribution in [3.05, 3.63) is 76.3 Å². The molecule has 0 bridgehead atoms. The molecule has 1 aliphatic carbocycles. The summed E-state index contributed by atoms with van der Waals surface area (Å²) in [6, 6.07) is 15.9. The second-order valence-electron chi connectivity index (χ2n) is 11.6. The molecule has 234 valence electrons. The Balaban J connectivity index is 0.00000248. The van der Waals surface area contributed by atoms with Crippen molar-refractivity contribution < 1.29 is 19.1 Å². The molecule has 0 unspecified atom stereocenters. The zero-order valence-electron chi connectivity index (χ0n) is 26.2. The molecule has 1 aliphatic heterocycles. The summed E-state index contributed by atoms with van der Waals surface area (Å²) in [6.07, 6.45) is 4.74. The summed E-state index contributed by atoms with van der Waals surface area (Å²) in [5, 5.41) is 6.69. The predicted octanol–water partition coefficient (Wildman–Crippen LogP) is 5.24. The number of rotatable bonds is 11. The molecule has 2 aromatic carbocycles. The van der Waals surface area contributed by atoms with Gasteiger partial charge in [-0.3, -0.25) is 14.4 Å². The maximum absolute atomic E-state index is 14.1. The smallest absolute Gasteiger partial charge is 0.252 e. The minimum atomic E-state index is -1.17. The van der Waals surface area contributed by atoms with Gasteiger partial charge in [0, 0.05) is 23.7 Å². The van der Waals surface area contributed by atoms with Crippen LogP contribution in [0, 0.1) is 0 Å². The van der Waals surface area contributed by atoms with Gasteiger partial charge in [0.05, 0.1) is 24.3 Å². The highest BCUT2D eigenvalue weighted by Crippen LogP contribution is 2.43. The molecule has 9 heteroatoms. The van der Waals surface area contributed by atoms with Crippen molar-refractivity contribution in [2.24, 2.45) is 5.73 Å². The number of hydrogen-bond acceptors (Lipinski definition) is 5. The third kappa shape index (κ3) is 8.68. The highest BCUT2D eigenvalue weighted by atomic mass is 35.5. The van der Waals surface area contributed by atoms with E-state index in [1.165, 1.54) is 0 Å². The van der Waals surface area contributed by atoms with Crippen molar-refractivity contribution in [2.75, 3.05) is 19.7 Å². The summed E-state index contributed by atoms with van der Waals surface area (Å²) < 4.78 is 5.92. The number of nitrogens with zero attached hydrogens (tertiary/aromatic N) is 1. The van der Waals surface area contributed by atoms with Crippen LogP contribution in [-0.2, 0) is 25.7 Å². The summed E-state index contributed by atoms with van der Waals surface area (Å²) in [7, 11) is 0. The fourth-order valence-corrected chi connectivity index (χ4v) is 5.74. The lowest BCUT2D eigenvalue weighted by molar-refractivity contribution is -0.139. The van der Waals surface area contributed by atoms with Gasteiger partial charge >= 0.3 is 0 Å². The van der Waals surface area contributed by atoms with Gasteiger partial charge in [0.1, 0.15) is 6.04 Å². The number of amides is 3. The summed E-state index contributed by atoms with van der Waals surface area (Å²) in [4.78, 5) is 42.1. The van der Waals surface area contributed by atoms with Crippen LogP contribution in [0.25, 0.3) is 5.57 Å². The molecule has 0 aromatic heterocycles. The first-order valence-corrected chi connectivity index (χ1v) is 15.7. The predicted molar refractivity (Wildman–Crippen MR) is 172 cm³/mol. The van der Waals surface area contributed by atoms with Gasteiger partial charge in [0.25, 0.3) is 5.91 Å². The third-order valence-corrected chi connectivity index (χ3v) is 8.18. The molecule has 0 saturated heterocycles. The summed E-state index contributed by atoms with van der Waals surface area (Å²) >= 11 is 6.15. The molecule has 1 spiro atoms. The quantitative estimate of drug-likeness (QED) is 0.322. The largest absolute Gasteiger partial charge is 0.374 e. The van der Waals surface area contributed by atoms with Crippen LogP contribution in [0.5, 0.6) is 0 Å². The average molecular weight is 611 g/mol. The van der Waals surface area contributed by atoms with Gasteiger partial charge in [0.2, 0.25) is 11.8 Å². The van der Waals surface area contributed by atoms with E-state index in [9.17, 15) is 14.4 Å². The highest BCUT2D eigenvalue weighted by molar-refractivity contribution is 6.31. The van der Waals surface area contributed by atoms with Crippen LogP contribution in [0.4, 0.5) is 0 Å². The first-order valence-electron chi connectivity index (χ1n) is 15.4. The molecule has 1 atom stereocenters. The van der Waals surface area contributed by atoms with E-state index in [1.54, 1.807) is 30.9 Å². The van der Waals surface area contributed by atoms with Crippen LogP contribution in [0.2, 0.25) is 5.02 Å². The van der Waals surface area contributed by atoms with Crippen molar-refractivity contribution in [3.63, 3.8) is 0 Å². The molecule has 1 saturated carbocycles. The van der Waals surface area contributed by atoms with Gasteiger partial charge in [-0.2, -0.15) is 0 Å². The molecule has 1 fully saturated rings. The fourth-order valence-electron chi connectivity index (χ4n) is 5.61. The van der Waals surface area contributed by atoms with Crippen LogP contribution in [-0.4, -0.2) is 59.4 Å². The fraction of sp³-hybridized carbons (Fsp3) is 0.500. The molecule has 43 heavy (non-hydrogen) atoms. The Morgan fingerprint density at radius 2 is 1.70 bits per heavy atom. The van der Waals surface area contributed by atoms with Gasteiger partial charge in [-0.25, -0.2) is 0 Å². The SMILES string of the molecule is CC.CCN(CC1=C(c2ccc(Cl)cc2)C(=O)NC12CCCCC2)C(=O)[C@@H](COCc1ccccc1)NC(=O)C(C)(C)N. The second-order valence-corrected chi connectivity index (χ2v) is 12.0. The van der Waals surface area contributed by atoms with Gasteiger partial charge in [0.15, 0.2) is 0 Å². The Bertz CT molecular complexity index is 1270. The highest BCUT2D eigenvalue weighted by Gasteiger charge is 2.46. The number of halogens is 1. The van der Waals surface area contributed by atoms with Crippen molar-refractivity contribution in [3.8, 4) is 0 Å². The molecule has 3 amide bonds. The van der Waals surface area contributed by atoms with E-state index in [1.807, 2.05) is 63.2 Å². The minimum Gasteiger partial charge on any atom is -0.374 e. The molecule has 4 rings (SSSR count). The number of carbonyl (C=O) groups is 3. The Labute approximate surface area is 261 Å². The summed E-state index contributed by atoms with van der Waals surface area (Å²) in [5.41, 5.74) is 7.62. The minimum absolute atomic E-state index is 0.0164. The molecule has 0 radical (unpaired) electrons. The first-order chi connectivity index (χ1) is 20.5. The molecular formula is C34H47ClN4O4. The van der Waals surface area contributed by atoms with Crippen LogP contribution in [0.15, 0.2) is 60.2 Å². The first kappa shape index (κ1) is 34.3. The number of nitrogens with two attached hydrogens (primary N) is 1. The zero-order chi connectivity index (χ0) is 31.6. The van der Waals surface area contributed by atoms with E-state index in [-0.39, 0.29) is 25.0 Å². The Morgan fingerprint density at radius 3 is 2.28 bits per heavy atom. The number of nitrogens with one attached hydrogen (secondary N) is 2. The van der Waals surface area contributed by atoms with Crippen molar-refractivity contribution in [1.29, 1.82) is 0 Å². The van der Waals surface area contributed by atoms with E-state index >= 15 is 0 Å². The van der Waals surface area contributed by atoms with E-state index < -0.39 is 23.0 Å². The number of carbonyl (C=O) groups excluding carboxylic acids is 3. The zero-order valence-corrected chi connectivity index (χ0v) is 26.9. The molecule has 8 nitrogen and oxygen atoms in total. The van der Waals surface area contributed by atoms with Gasteiger partial charge in [-0.15, -0.1) is 0 Å². The van der Waals surface area contributed by atoms with Crippen LogP contribution < -0.4 is 16.4 Å². The number of benzene rings is 2. The molecule has 2 aliphatic rings. The number of likely N-dealkylation sites (N-methyl/N-ethyl adjacent to an activating group) is 1. The standard InChI is InChI=1S/C32H41ClN4O4.C2H6/c1-4-37(29(39)26(35-30(40)31(2,3)34)21-41-20-22-11-7-5-8-12-22)19-25-27(23-13-15-24(33)16-14-23)28(38)36-32(25)17-9-6-10-18-32;1-2/h5,7-8,11-16,26H,4,6,9-10,17-21,34H2,1-3H3,(H,35,40)(H,36,38);1-2H3/t26-;/m1./s1. The Hall–Kier alpha value is -3.20. The molecule has 4 N–H and O–H groups in total. The van der Waals surface area contributed by atoms with E-state index in [0.29, 0.717) is 23.7 Å². The maximum atomic E-state index is 14.1. The van der Waals surface area contributed by atoms with Crippen molar-refractivity contribution in [2.45, 2.75) is 90.4 Å². The lowest BCUT2D eigenvalue weighted by Crippen LogP contribution is -2.58. The van der Waals surface area contributed by atoms with E-state index in [0.717, 1.165) is 48.8 Å². The van der Waals surface area contributed by atoms with Crippen LogP contribution in [0.1, 0.15) is 77.8 Å². The van der Waals surface area contributed by atoms with Crippen molar-refractivity contribution >= 4 is 34.9 Å². The number of hydrogen-bond donors (Lipinski definition) is 3. The second kappa shape index (κ2) is 15.5. The third-order valence-electron chi connectivity index (χ3n) is 7.93. The summed E-state index contributed by atoms with van der Waals surface area (Å²) in [5.74, 6) is -0.863. The summed E-state index contributed by atoms with van der Waals surface area (Å²) in [6.45, 7) is 10.0. The monoisotopic (exact) mass is 610 g/mol. The van der Waals surface area contributed by atoms with Crippen LogP contribution >= 0.6 is 11.6 Å². The topological polar surface area (TPSA) is 114 Å². The lowest BCUT2D eigenvalue weighted by atomic mass is 9.76. The van der Waals surface area contributed by atoms with Gasteiger partial charge in [-0.1, -0.05) is 87.2 Å². The Kier molecular flexibility index (Phi) is 12.4. The van der Waals surface area contributed by atoms with E-state index in [4.69, 9.17) is 22.1 Å². The van der Waals surface area contributed by atoms with E-state index in [2.05, 4.69) is 10.6 Å². The maximum Gasteiger partial charge on any atom is 0.252 e. The average Bonchev–Trinajstić information content (AvgIpc) is 3.26. The molecular weight excluding hydrogens is 564 g/mol. The van der Waals surface area contributed by atoms with Gasteiger partial charge in [-0.05, 0) is 62.4 Å². The van der Waals surface area contributed by atoms with Crippen molar-refractivity contribution in [1.82, 2.24) is 15.5 Å². The lowest BCUT2D eigenvalue weighted by Gasteiger charge is -2.38. The normalized spacial score (nSPS) is 16.7. The van der Waals surface area contributed by atoms with Gasteiger partial charge < -0.3 is 26.0 Å². The molecule has 1 heterocycles.